The SMILES string of the molecule is CCC[C@H](/C=C/C(C)C1CCC2C3C(CCC12C)C1(C)CCC(O)C[C@@H]1C[C@H]3O)CO. The first-order chi connectivity index (χ1) is 14.7. The first-order valence-corrected chi connectivity index (χ1v) is 13.4. The van der Waals surface area contributed by atoms with Gasteiger partial charge in [0.1, 0.15) is 0 Å². The summed E-state index contributed by atoms with van der Waals surface area (Å²) < 4.78 is 0. The van der Waals surface area contributed by atoms with Crippen molar-refractivity contribution in [2.24, 2.45) is 52.3 Å². The summed E-state index contributed by atoms with van der Waals surface area (Å²) in [5, 5.41) is 31.3. The van der Waals surface area contributed by atoms with Crippen LogP contribution in [0.15, 0.2) is 12.2 Å². The van der Waals surface area contributed by atoms with E-state index in [-0.39, 0.29) is 18.8 Å². The summed E-state index contributed by atoms with van der Waals surface area (Å²) in [6.07, 6.45) is 15.5. The van der Waals surface area contributed by atoms with E-state index >= 15 is 0 Å². The lowest BCUT2D eigenvalue weighted by Crippen LogP contribution is -2.58. The Morgan fingerprint density at radius 1 is 0.935 bits per heavy atom. The molecule has 4 saturated carbocycles. The maximum Gasteiger partial charge on any atom is 0.0577 e. The third-order valence-corrected chi connectivity index (χ3v) is 10.9. The van der Waals surface area contributed by atoms with Crippen molar-refractivity contribution in [2.75, 3.05) is 6.61 Å². The maximum atomic E-state index is 11.4. The highest BCUT2D eigenvalue weighted by Gasteiger charge is 2.62. The Kier molecular flexibility index (Phi) is 6.98. The Morgan fingerprint density at radius 3 is 2.35 bits per heavy atom. The Hall–Kier alpha value is -0.380. The summed E-state index contributed by atoms with van der Waals surface area (Å²) >= 11 is 0. The normalized spacial score (nSPS) is 49.3. The standard InChI is InChI=1S/C28H48O3/c1-5-6-19(17-29)8-7-18(2)22-9-10-23-26-24(12-14-28(22,23)4)27(3)13-11-21(30)15-20(27)16-25(26)31/h7-8,18-26,29-31H,5-6,9-17H2,1-4H3/b8-7+/t18?,19-,20-,21?,22?,23?,24?,25-,26?,27?,28?/m1/s1. The number of rotatable bonds is 6. The van der Waals surface area contributed by atoms with Crippen LogP contribution >= 0.6 is 0 Å². The second-order valence-corrected chi connectivity index (χ2v) is 12.4. The van der Waals surface area contributed by atoms with E-state index < -0.39 is 0 Å². The van der Waals surface area contributed by atoms with E-state index in [4.69, 9.17) is 0 Å². The summed E-state index contributed by atoms with van der Waals surface area (Å²) in [6, 6.07) is 0. The van der Waals surface area contributed by atoms with Gasteiger partial charge in [0, 0.05) is 6.61 Å². The highest BCUT2D eigenvalue weighted by molar-refractivity contribution is 5.13. The van der Waals surface area contributed by atoms with Crippen LogP contribution < -0.4 is 0 Å². The first kappa shape index (κ1) is 23.8. The van der Waals surface area contributed by atoms with Crippen LogP contribution in [0.4, 0.5) is 0 Å². The van der Waals surface area contributed by atoms with E-state index in [0.29, 0.717) is 52.3 Å². The van der Waals surface area contributed by atoms with E-state index in [1.54, 1.807) is 0 Å². The highest BCUT2D eigenvalue weighted by atomic mass is 16.3. The third-order valence-electron chi connectivity index (χ3n) is 10.9. The first-order valence-electron chi connectivity index (χ1n) is 13.4. The summed E-state index contributed by atoms with van der Waals surface area (Å²) in [6.45, 7) is 9.87. The van der Waals surface area contributed by atoms with Crippen molar-refractivity contribution in [1.82, 2.24) is 0 Å². The summed E-state index contributed by atoms with van der Waals surface area (Å²) in [5.74, 6) is 3.71. The molecule has 4 aliphatic rings. The Morgan fingerprint density at radius 2 is 1.65 bits per heavy atom. The molecular formula is C28H48O3. The average molecular weight is 433 g/mol. The molecule has 4 aliphatic carbocycles. The molecule has 0 saturated heterocycles. The van der Waals surface area contributed by atoms with Crippen molar-refractivity contribution >= 4 is 0 Å². The van der Waals surface area contributed by atoms with Gasteiger partial charge in [-0.1, -0.05) is 46.3 Å². The molecule has 31 heavy (non-hydrogen) atoms. The van der Waals surface area contributed by atoms with Gasteiger partial charge in [0.15, 0.2) is 0 Å². The zero-order chi connectivity index (χ0) is 22.4. The molecule has 0 bridgehead atoms. The van der Waals surface area contributed by atoms with Gasteiger partial charge in [-0.3, -0.25) is 0 Å². The molecule has 3 nitrogen and oxygen atoms in total. The smallest absolute Gasteiger partial charge is 0.0577 e. The monoisotopic (exact) mass is 432 g/mol. The predicted octanol–water partition coefficient (Wildman–Crippen LogP) is 5.58. The Balaban J connectivity index is 1.52. The van der Waals surface area contributed by atoms with E-state index in [2.05, 4.69) is 39.8 Å². The van der Waals surface area contributed by atoms with Crippen molar-refractivity contribution in [2.45, 2.75) is 104 Å². The van der Waals surface area contributed by atoms with Gasteiger partial charge in [0.2, 0.25) is 0 Å². The highest BCUT2D eigenvalue weighted by Crippen LogP contribution is 2.68. The maximum absolute atomic E-state index is 11.4. The Bertz CT molecular complexity index is 646. The second-order valence-electron chi connectivity index (χ2n) is 12.4. The molecule has 0 radical (unpaired) electrons. The topological polar surface area (TPSA) is 60.7 Å². The molecule has 0 aromatic carbocycles. The molecule has 0 aromatic heterocycles. The van der Waals surface area contributed by atoms with Crippen LogP contribution in [0, 0.1) is 52.3 Å². The zero-order valence-electron chi connectivity index (χ0n) is 20.5. The molecule has 0 heterocycles. The van der Waals surface area contributed by atoms with Crippen molar-refractivity contribution < 1.29 is 15.3 Å². The fourth-order valence-corrected chi connectivity index (χ4v) is 9.19. The van der Waals surface area contributed by atoms with Crippen LogP contribution in [-0.2, 0) is 0 Å². The van der Waals surface area contributed by atoms with E-state index in [1.165, 1.54) is 25.7 Å². The van der Waals surface area contributed by atoms with E-state index in [1.807, 2.05) is 0 Å². The minimum absolute atomic E-state index is 0.158. The largest absolute Gasteiger partial charge is 0.396 e. The molecule has 178 valence electrons. The van der Waals surface area contributed by atoms with Crippen molar-refractivity contribution in [1.29, 1.82) is 0 Å². The van der Waals surface area contributed by atoms with Gasteiger partial charge in [0.05, 0.1) is 12.2 Å². The quantitative estimate of drug-likeness (QED) is 0.480. The number of hydrogen-bond donors (Lipinski definition) is 3. The van der Waals surface area contributed by atoms with Crippen molar-refractivity contribution in [3.8, 4) is 0 Å². The van der Waals surface area contributed by atoms with Gasteiger partial charge >= 0.3 is 0 Å². The molecule has 0 amide bonds. The number of allylic oxidation sites excluding steroid dienone is 1. The van der Waals surface area contributed by atoms with Gasteiger partial charge in [-0.2, -0.15) is 0 Å². The molecule has 8 unspecified atom stereocenters. The lowest BCUT2D eigenvalue weighted by molar-refractivity contribution is -0.173. The van der Waals surface area contributed by atoms with Gasteiger partial charge in [-0.05, 0) is 110 Å². The molecule has 0 aliphatic heterocycles. The summed E-state index contributed by atoms with van der Waals surface area (Å²) in [7, 11) is 0. The van der Waals surface area contributed by atoms with Crippen LogP contribution in [0.3, 0.4) is 0 Å². The number of fused-ring (bicyclic) bond motifs is 5. The molecule has 3 heteroatoms. The molecular weight excluding hydrogens is 384 g/mol. The van der Waals surface area contributed by atoms with Crippen LogP contribution in [0.25, 0.3) is 0 Å². The molecule has 0 spiro atoms. The molecule has 11 atom stereocenters. The molecule has 3 N–H and O–H groups in total. The van der Waals surface area contributed by atoms with Crippen LogP contribution in [-0.4, -0.2) is 34.1 Å². The van der Waals surface area contributed by atoms with Crippen LogP contribution in [0.2, 0.25) is 0 Å². The summed E-state index contributed by atoms with van der Waals surface area (Å²) in [5.41, 5.74) is 0.630. The Labute approximate surface area is 190 Å². The lowest BCUT2D eigenvalue weighted by Gasteiger charge is -2.62. The van der Waals surface area contributed by atoms with Gasteiger partial charge in [0.25, 0.3) is 0 Å². The molecule has 4 fully saturated rings. The predicted molar refractivity (Wildman–Crippen MR) is 126 cm³/mol. The lowest BCUT2D eigenvalue weighted by atomic mass is 9.43. The minimum Gasteiger partial charge on any atom is -0.396 e. The van der Waals surface area contributed by atoms with Gasteiger partial charge in [-0.15, -0.1) is 0 Å². The van der Waals surface area contributed by atoms with Crippen LogP contribution in [0.1, 0.15) is 91.9 Å². The fraction of sp³-hybridized carbons (Fsp3) is 0.929. The fourth-order valence-electron chi connectivity index (χ4n) is 9.19. The molecule has 4 rings (SSSR count). The van der Waals surface area contributed by atoms with Gasteiger partial charge < -0.3 is 15.3 Å². The third kappa shape index (κ3) is 4.06. The van der Waals surface area contributed by atoms with E-state index in [9.17, 15) is 15.3 Å². The number of aliphatic hydroxyl groups is 3. The zero-order valence-corrected chi connectivity index (χ0v) is 20.5. The average Bonchev–Trinajstić information content (AvgIpc) is 3.09. The summed E-state index contributed by atoms with van der Waals surface area (Å²) in [4.78, 5) is 0. The van der Waals surface area contributed by atoms with Crippen molar-refractivity contribution in [3.05, 3.63) is 12.2 Å². The van der Waals surface area contributed by atoms with E-state index in [0.717, 1.165) is 38.5 Å². The minimum atomic E-state index is -0.189. The number of aliphatic hydroxyl groups excluding tert-OH is 3. The molecule has 0 aromatic rings. The van der Waals surface area contributed by atoms with Crippen LogP contribution in [0.5, 0.6) is 0 Å². The number of hydrogen-bond acceptors (Lipinski definition) is 3. The second kappa shape index (κ2) is 9.11. The van der Waals surface area contributed by atoms with Crippen molar-refractivity contribution in [3.63, 3.8) is 0 Å². The van der Waals surface area contributed by atoms with Gasteiger partial charge in [-0.25, -0.2) is 0 Å².